The van der Waals surface area contributed by atoms with Crippen LogP contribution in [-0.4, -0.2) is 29.9 Å². The van der Waals surface area contributed by atoms with Crippen molar-refractivity contribution in [1.29, 1.82) is 0 Å². The molecule has 88 valence electrons. The Labute approximate surface area is 98.8 Å². The molecule has 2 fully saturated rings. The van der Waals surface area contributed by atoms with Crippen LogP contribution in [0.5, 0.6) is 0 Å². The predicted molar refractivity (Wildman–Crippen MR) is 61.3 cm³/mol. The highest BCUT2D eigenvalue weighted by Crippen LogP contribution is 2.38. The topological polar surface area (TPSA) is 62.3 Å². The standard InChI is InChI=1S/C12H13N3O2/c16-10-7-12(11(17)14-10)4-6-15(8-12)9-3-1-2-5-13-9/h1-3,5H,4,6-8H2,(H,14,16,17). The summed E-state index contributed by atoms with van der Waals surface area (Å²) in [6.07, 6.45) is 2.77. The van der Waals surface area contributed by atoms with Crippen LogP contribution in [0.2, 0.25) is 0 Å². The normalized spacial score (nSPS) is 27.9. The fourth-order valence-electron chi connectivity index (χ4n) is 2.63. The minimum atomic E-state index is -0.519. The summed E-state index contributed by atoms with van der Waals surface area (Å²) in [5.41, 5.74) is -0.519. The first kappa shape index (κ1) is 10.3. The van der Waals surface area contributed by atoms with E-state index in [9.17, 15) is 9.59 Å². The largest absolute Gasteiger partial charge is 0.355 e. The molecular formula is C12H13N3O2. The van der Waals surface area contributed by atoms with Crippen molar-refractivity contribution in [3.63, 3.8) is 0 Å². The number of nitrogens with one attached hydrogen (secondary N) is 1. The Bertz CT molecular complexity index is 474. The molecule has 2 saturated heterocycles. The average Bonchev–Trinajstić information content (AvgIpc) is 2.86. The monoisotopic (exact) mass is 231 g/mol. The van der Waals surface area contributed by atoms with E-state index >= 15 is 0 Å². The van der Waals surface area contributed by atoms with Crippen LogP contribution >= 0.6 is 0 Å². The number of carbonyl (C=O) groups is 2. The van der Waals surface area contributed by atoms with Gasteiger partial charge in [0.05, 0.1) is 5.41 Å². The van der Waals surface area contributed by atoms with E-state index in [1.54, 1.807) is 6.20 Å². The molecule has 1 aromatic heterocycles. The fourth-order valence-corrected chi connectivity index (χ4v) is 2.63. The fraction of sp³-hybridized carbons (Fsp3) is 0.417. The Hall–Kier alpha value is -1.91. The number of amides is 2. The van der Waals surface area contributed by atoms with Gasteiger partial charge in [0.1, 0.15) is 5.82 Å². The van der Waals surface area contributed by atoms with Crippen LogP contribution in [-0.2, 0) is 9.59 Å². The van der Waals surface area contributed by atoms with Crippen LogP contribution < -0.4 is 10.2 Å². The maximum atomic E-state index is 11.8. The molecule has 2 aliphatic heterocycles. The Balaban J connectivity index is 1.83. The van der Waals surface area contributed by atoms with Crippen molar-refractivity contribution >= 4 is 17.6 Å². The summed E-state index contributed by atoms with van der Waals surface area (Å²) in [6, 6.07) is 5.71. The molecule has 0 aliphatic carbocycles. The van der Waals surface area contributed by atoms with Crippen molar-refractivity contribution in [2.75, 3.05) is 18.0 Å². The van der Waals surface area contributed by atoms with Gasteiger partial charge in [-0.1, -0.05) is 6.07 Å². The summed E-state index contributed by atoms with van der Waals surface area (Å²) in [6.45, 7) is 1.36. The zero-order valence-electron chi connectivity index (χ0n) is 9.35. The van der Waals surface area contributed by atoms with Crippen LogP contribution in [0.3, 0.4) is 0 Å². The minimum Gasteiger partial charge on any atom is -0.355 e. The SMILES string of the molecule is O=C1CC2(CCN(c3ccccn3)C2)C(=O)N1. The lowest BCUT2D eigenvalue weighted by Crippen LogP contribution is -2.34. The van der Waals surface area contributed by atoms with Crippen LogP contribution in [0.15, 0.2) is 24.4 Å². The molecule has 0 saturated carbocycles. The third-order valence-electron chi connectivity index (χ3n) is 3.56. The highest BCUT2D eigenvalue weighted by molar-refractivity contribution is 6.06. The summed E-state index contributed by atoms with van der Waals surface area (Å²) < 4.78 is 0. The average molecular weight is 231 g/mol. The summed E-state index contributed by atoms with van der Waals surface area (Å²) >= 11 is 0. The number of imide groups is 1. The minimum absolute atomic E-state index is 0.124. The van der Waals surface area contributed by atoms with Crippen molar-refractivity contribution in [1.82, 2.24) is 10.3 Å². The van der Waals surface area contributed by atoms with Gasteiger partial charge in [-0.15, -0.1) is 0 Å². The number of nitrogens with zero attached hydrogens (tertiary/aromatic N) is 2. The molecule has 5 heteroatoms. The summed E-state index contributed by atoms with van der Waals surface area (Å²) in [7, 11) is 0. The Morgan fingerprint density at radius 3 is 2.88 bits per heavy atom. The molecule has 0 aromatic carbocycles. The summed E-state index contributed by atoms with van der Waals surface area (Å²) in [5, 5.41) is 2.40. The molecule has 3 heterocycles. The number of carbonyl (C=O) groups excluding carboxylic acids is 2. The van der Waals surface area contributed by atoms with Crippen molar-refractivity contribution in [3.8, 4) is 0 Å². The van der Waals surface area contributed by atoms with E-state index in [0.29, 0.717) is 13.0 Å². The van der Waals surface area contributed by atoms with Crippen molar-refractivity contribution < 1.29 is 9.59 Å². The van der Waals surface area contributed by atoms with Gasteiger partial charge in [0, 0.05) is 25.7 Å². The van der Waals surface area contributed by atoms with Gasteiger partial charge in [-0.25, -0.2) is 4.98 Å². The second-order valence-corrected chi connectivity index (χ2v) is 4.69. The van der Waals surface area contributed by atoms with Crippen LogP contribution in [0.4, 0.5) is 5.82 Å². The van der Waals surface area contributed by atoms with E-state index in [1.165, 1.54) is 0 Å². The lowest BCUT2D eigenvalue weighted by Gasteiger charge is -2.20. The molecule has 1 unspecified atom stereocenters. The Morgan fingerprint density at radius 2 is 2.24 bits per heavy atom. The summed E-state index contributed by atoms with van der Waals surface area (Å²) in [4.78, 5) is 29.4. The van der Waals surface area contributed by atoms with Crippen LogP contribution in [0, 0.1) is 5.41 Å². The molecule has 17 heavy (non-hydrogen) atoms. The van der Waals surface area contributed by atoms with Gasteiger partial charge < -0.3 is 4.90 Å². The van der Waals surface area contributed by atoms with Crippen molar-refractivity contribution in [2.24, 2.45) is 5.41 Å². The second kappa shape index (κ2) is 3.55. The molecule has 1 aromatic rings. The molecule has 5 nitrogen and oxygen atoms in total. The first-order valence-electron chi connectivity index (χ1n) is 5.70. The van der Waals surface area contributed by atoms with E-state index < -0.39 is 5.41 Å². The first-order chi connectivity index (χ1) is 8.20. The molecule has 0 bridgehead atoms. The van der Waals surface area contributed by atoms with Crippen LogP contribution in [0.25, 0.3) is 0 Å². The lowest BCUT2D eigenvalue weighted by molar-refractivity contribution is -0.127. The zero-order valence-corrected chi connectivity index (χ0v) is 9.35. The Kier molecular flexibility index (Phi) is 2.14. The number of hydrogen-bond donors (Lipinski definition) is 1. The van der Waals surface area contributed by atoms with Gasteiger partial charge in [-0.3, -0.25) is 14.9 Å². The molecule has 1 spiro atoms. The van der Waals surface area contributed by atoms with E-state index in [4.69, 9.17) is 0 Å². The molecule has 1 atom stereocenters. The zero-order chi connectivity index (χ0) is 11.9. The third kappa shape index (κ3) is 1.58. The smallest absolute Gasteiger partial charge is 0.235 e. The quantitative estimate of drug-likeness (QED) is 0.707. The van der Waals surface area contributed by atoms with E-state index in [2.05, 4.69) is 15.2 Å². The molecule has 0 radical (unpaired) electrons. The third-order valence-corrected chi connectivity index (χ3v) is 3.56. The van der Waals surface area contributed by atoms with Gasteiger partial charge in [0.2, 0.25) is 11.8 Å². The number of anilines is 1. The van der Waals surface area contributed by atoms with Gasteiger partial charge >= 0.3 is 0 Å². The number of aromatic nitrogens is 1. The highest BCUT2D eigenvalue weighted by Gasteiger charge is 2.51. The molecule has 2 amide bonds. The molecule has 2 aliphatic rings. The Morgan fingerprint density at radius 1 is 1.35 bits per heavy atom. The van der Waals surface area contributed by atoms with Crippen LogP contribution in [0.1, 0.15) is 12.8 Å². The lowest BCUT2D eigenvalue weighted by atomic mass is 9.85. The second-order valence-electron chi connectivity index (χ2n) is 4.69. The predicted octanol–water partition coefficient (Wildman–Crippen LogP) is 0.325. The first-order valence-corrected chi connectivity index (χ1v) is 5.70. The molecule has 1 N–H and O–H groups in total. The van der Waals surface area contributed by atoms with Crippen molar-refractivity contribution in [2.45, 2.75) is 12.8 Å². The maximum Gasteiger partial charge on any atom is 0.235 e. The highest BCUT2D eigenvalue weighted by atomic mass is 16.2. The number of pyridine rings is 1. The van der Waals surface area contributed by atoms with E-state index in [-0.39, 0.29) is 11.8 Å². The maximum absolute atomic E-state index is 11.8. The van der Waals surface area contributed by atoms with Gasteiger partial charge in [-0.2, -0.15) is 0 Å². The van der Waals surface area contributed by atoms with E-state index in [0.717, 1.165) is 18.8 Å². The van der Waals surface area contributed by atoms with Gasteiger partial charge in [-0.05, 0) is 18.6 Å². The molecule has 3 rings (SSSR count). The number of hydrogen-bond acceptors (Lipinski definition) is 4. The van der Waals surface area contributed by atoms with E-state index in [1.807, 2.05) is 18.2 Å². The molecular weight excluding hydrogens is 218 g/mol. The summed E-state index contributed by atoms with van der Waals surface area (Å²) in [5.74, 6) is 0.593. The number of rotatable bonds is 1. The van der Waals surface area contributed by atoms with Crippen molar-refractivity contribution in [3.05, 3.63) is 24.4 Å². The van der Waals surface area contributed by atoms with Gasteiger partial charge in [0.25, 0.3) is 0 Å². The van der Waals surface area contributed by atoms with Gasteiger partial charge in [0.15, 0.2) is 0 Å².